The van der Waals surface area contributed by atoms with Crippen LogP contribution in [-0.4, -0.2) is 83.9 Å². The zero-order valence-electron chi connectivity index (χ0n) is 26.9. The van der Waals surface area contributed by atoms with Crippen molar-refractivity contribution >= 4 is 65.8 Å². The third-order valence-electron chi connectivity index (χ3n) is 8.07. The van der Waals surface area contributed by atoms with E-state index >= 15 is 0 Å². The predicted molar refractivity (Wildman–Crippen MR) is 187 cm³/mol. The molecule has 0 aliphatic carbocycles. The van der Waals surface area contributed by atoms with Crippen LogP contribution in [0, 0.1) is 30.1 Å². The summed E-state index contributed by atoms with van der Waals surface area (Å²) in [4.78, 5) is 42.7. The third kappa shape index (κ3) is 7.67. The van der Waals surface area contributed by atoms with Gasteiger partial charge in [0.1, 0.15) is 23.3 Å². The maximum absolute atomic E-state index is 13.9. The number of anilines is 1. The molecule has 5 aromatic rings. The number of carbonyl (C=O) groups is 1. The Balaban J connectivity index is 1.33. The molecule has 1 amide bonds. The van der Waals surface area contributed by atoms with Crippen LogP contribution in [0.25, 0.3) is 32.2 Å². The minimum atomic E-state index is -4.32. The van der Waals surface area contributed by atoms with E-state index in [1.807, 2.05) is 4.72 Å². The molecule has 0 spiro atoms. The first-order valence-electron chi connectivity index (χ1n) is 15.1. The second-order valence-electron chi connectivity index (χ2n) is 11.6. The molecule has 4 aromatic heterocycles. The summed E-state index contributed by atoms with van der Waals surface area (Å²) in [7, 11) is -3.80. The Bertz CT molecular complexity index is 2490. The van der Waals surface area contributed by atoms with E-state index in [1.54, 1.807) is 36.1 Å². The standard InChI is InChI=1S/C33H26ClF3N8O4S2/c1-19-41-26-16-40-30(44-12-10-43(11-13-44)18-33(35,36)37)24(15-38)27(26)32(47)45(19)9-3-4-20-5-6-21(34)14-23(20)22-7-8-39-28-25(17-50-29(22)28)31(46)42-51(2,48)49/h5-8,14,16-17H,9-13,18H2,1-2H3,(H,42,46). The van der Waals surface area contributed by atoms with Gasteiger partial charge in [-0.15, -0.1) is 11.3 Å². The van der Waals surface area contributed by atoms with Crippen molar-refractivity contribution in [3.8, 4) is 29.0 Å². The molecule has 1 saturated heterocycles. The number of nitrogens with one attached hydrogen (secondary N) is 1. The number of aryl methyl sites for hydroxylation is 1. The fraction of sp³-hybridized carbons (Fsp3) is 0.273. The number of fused-ring (bicyclic) bond motifs is 2. The van der Waals surface area contributed by atoms with Gasteiger partial charge in [0, 0.05) is 59.5 Å². The maximum Gasteiger partial charge on any atom is 0.401 e. The van der Waals surface area contributed by atoms with Crippen LogP contribution in [0.15, 0.2) is 46.8 Å². The molecular formula is C33H26ClF3N8O4S2. The largest absolute Gasteiger partial charge is 0.401 e. The SMILES string of the molecule is Cc1nc2cnc(N3CCN(CC(F)(F)F)CC3)c(C#N)c2c(=O)n1CC#Cc1ccc(Cl)cc1-c1ccnc2c(C(=O)NS(C)(=O)=O)csc12. The summed E-state index contributed by atoms with van der Waals surface area (Å²) < 4.78 is 65.9. The summed E-state index contributed by atoms with van der Waals surface area (Å²) >= 11 is 7.58. The number of pyridine rings is 2. The molecule has 51 heavy (non-hydrogen) atoms. The zero-order valence-corrected chi connectivity index (χ0v) is 29.3. The lowest BCUT2D eigenvalue weighted by atomic mass is 10.00. The molecule has 6 rings (SSSR count). The fourth-order valence-electron chi connectivity index (χ4n) is 5.80. The highest BCUT2D eigenvalue weighted by Crippen LogP contribution is 2.36. The molecule has 12 nitrogen and oxygen atoms in total. The number of nitriles is 1. The minimum Gasteiger partial charge on any atom is -0.353 e. The Morgan fingerprint density at radius 3 is 2.57 bits per heavy atom. The van der Waals surface area contributed by atoms with Crippen molar-refractivity contribution in [1.82, 2.24) is 29.1 Å². The van der Waals surface area contributed by atoms with Gasteiger partial charge >= 0.3 is 6.18 Å². The van der Waals surface area contributed by atoms with Gasteiger partial charge in [0.25, 0.3) is 11.5 Å². The number of nitrogens with zero attached hydrogens (tertiary/aromatic N) is 7. The Hall–Kier alpha value is -5.07. The lowest BCUT2D eigenvalue weighted by Gasteiger charge is -2.36. The normalized spacial score (nSPS) is 13.9. The highest BCUT2D eigenvalue weighted by atomic mass is 35.5. The molecule has 18 heteroatoms. The number of hydrogen-bond donors (Lipinski definition) is 1. The van der Waals surface area contributed by atoms with Crippen molar-refractivity contribution in [2.75, 3.05) is 43.9 Å². The van der Waals surface area contributed by atoms with Crippen LogP contribution in [0.4, 0.5) is 19.0 Å². The van der Waals surface area contributed by atoms with Crippen molar-refractivity contribution in [2.24, 2.45) is 0 Å². The number of rotatable bonds is 6. The van der Waals surface area contributed by atoms with Gasteiger partial charge < -0.3 is 4.90 Å². The summed E-state index contributed by atoms with van der Waals surface area (Å²) in [6.07, 6.45) is -0.572. The van der Waals surface area contributed by atoms with E-state index in [-0.39, 0.29) is 60.6 Å². The van der Waals surface area contributed by atoms with Gasteiger partial charge in [-0.25, -0.2) is 23.1 Å². The summed E-state index contributed by atoms with van der Waals surface area (Å²) in [5, 5.41) is 12.1. The van der Waals surface area contributed by atoms with Crippen molar-refractivity contribution in [3.05, 3.63) is 79.9 Å². The molecule has 0 radical (unpaired) electrons. The van der Waals surface area contributed by atoms with Gasteiger partial charge in [-0.05, 0) is 31.2 Å². The van der Waals surface area contributed by atoms with Gasteiger partial charge in [-0.3, -0.25) is 24.0 Å². The van der Waals surface area contributed by atoms with Crippen LogP contribution in [0.5, 0.6) is 0 Å². The number of hydrogen-bond acceptors (Lipinski definition) is 11. The summed E-state index contributed by atoms with van der Waals surface area (Å²) in [6.45, 7) is 1.09. The molecule has 1 aromatic carbocycles. The number of carbonyl (C=O) groups excluding carboxylic acids is 1. The molecule has 0 bridgehead atoms. The molecule has 1 N–H and O–H groups in total. The Kier molecular flexibility index (Phi) is 9.75. The van der Waals surface area contributed by atoms with Gasteiger partial charge in [-0.1, -0.05) is 23.4 Å². The Labute approximate surface area is 298 Å². The topological polar surface area (TPSA) is 154 Å². The van der Waals surface area contributed by atoms with E-state index in [9.17, 15) is 36.4 Å². The van der Waals surface area contributed by atoms with Gasteiger partial charge in [0.15, 0.2) is 0 Å². The van der Waals surface area contributed by atoms with Crippen LogP contribution >= 0.6 is 22.9 Å². The summed E-state index contributed by atoms with van der Waals surface area (Å²) in [5.41, 5.74) is 1.86. The second-order valence-corrected chi connectivity index (χ2v) is 14.7. The van der Waals surface area contributed by atoms with E-state index in [1.165, 1.54) is 38.6 Å². The third-order valence-corrected chi connectivity index (χ3v) is 9.86. The number of sulfonamides is 1. The average Bonchev–Trinajstić information content (AvgIpc) is 3.50. The van der Waals surface area contributed by atoms with Crippen molar-refractivity contribution in [2.45, 2.75) is 19.6 Å². The molecular weight excluding hydrogens is 729 g/mol. The van der Waals surface area contributed by atoms with Crippen LogP contribution in [-0.2, 0) is 16.6 Å². The van der Waals surface area contributed by atoms with Crippen molar-refractivity contribution < 1.29 is 26.4 Å². The zero-order chi connectivity index (χ0) is 36.7. The Morgan fingerprint density at radius 1 is 1.14 bits per heavy atom. The van der Waals surface area contributed by atoms with Gasteiger partial charge in [0.2, 0.25) is 10.0 Å². The first-order valence-corrected chi connectivity index (χ1v) is 18.3. The second kappa shape index (κ2) is 13.9. The number of aromatic nitrogens is 4. The van der Waals surface area contributed by atoms with Crippen molar-refractivity contribution in [1.29, 1.82) is 5.26 Å². The number of thiophene rings is 1. The highest BCUT2D eigenvalue weighted by Gasteiger charge is 2.33. The molecule has 0 saturated carbocycles. The number of benzene rings is 1. The van der Waals surface area contributed by atoms with Crippen LogP contribution in [0.2, 0.25) is 5.02 Å². The van der Waals surface area contributed by atoms with E-state index in [2.05, 4.69) is 32.9 Å². The number of amides is 1. The van der Waals surface area contributed by atoms with Gasteiger partial charge in [0.05, 0.1) is 52.2 Å². The van der Waals surface area contributed by atoms with Gasteiger partial charge in [-0.2, -0.15) is 18.4 Å². The molecule has 0 atom stereocenters. The number of alkyl halides is 3. The van der Waals surface area contributed by atoms with Crippen LogP contribution in [0.3, 0.4) is 0 Å². The fourth-order valence-corrected chi connectivity index (χ4v) is 7.46. The highest BCUT2D eigenvalue weighted by molar-refractivity contribution is 7.89. The van der Waals surface area contributed by atoms with E-state index in [0.29, 0.717) is 37.8 Å². The molecule has 1 fully saturated rings. The smallest absolute Gasteiger partial charge is 0.353 e. The number of halogens is 4. The van der Waals surface area contributed by atoms with E-state index in [0.717, 1.165) is 6.26 Å². The quantitative estimate of drug-likeness (QED) is 0.248. The lowest BCUT2D eigenvalue weighted by molar-refractivity contribution is -0.146. The van der Waals surface area contributed by atoms with Crippen LogP contribution in [0.1, 0.15) is 27.3 Å². The number of piperazine rings is 1. The lowest BCUT2D eigenvalue weighted by Crippen LogP contribution is -2.49. The minimum absolute atomic E-state index is 0.0155. The average molecular weight is 755 g/mol. The van der Waals surface area contributed by atoms with E-state index < -0.39 is 34.2 Å². The molecule has 0 unspecified atom stereocenters. The first-order chi connectivity index (χ1) is 24.1. The first kappa shape index (κ1) is 35.7. The van der Waals surface area contributed by atoms with E-state index in [4.69, 9.17) is 11.6 Å². The van der Waals surface area contributed by atoms with Crippen molar-refractivity contribution in [3.63, 3.8) is 0 Å². The Morgan fingerprint density at radius 2 is 1.88 bits per heavy atom. The maximum atomic E-state index is 13.9. The predicted octanol–water partition coefficient (Wildman–Crippen LogP) is 4.33. The van der Waals surface area contributed by atoms with Crippen LogP contribution < -0.4 is 15.2 Å². The molecule has 1 aliphatic rings. The molecule has 262 valence electrons. The molecule has 1 aliphatic heterocycles. The summed E-state index contributed by atoms with van der Waals surface area (Å²) in [5.74, 6) is 5.82. The molecule has 5 heterocycles. The summed E-state index contributed by atoms with van der Waals surface area (Å²) in [6, 6.07) is 8.84. The monoisotopic (exact) mass is 754 g/mol.